The second-order valence-electron chi connectivity index (χ2n) is 12.3. The number of azo groups is 1. The topological polar surface area (TPSA) is 74.4 Å². The first kappa shape index (κ1) is 38.9. The predicted molar refractivity (Wildman–Crippen MR) is 183 cm³/mol. The smallest absolute Gasteiger partial charge is 0.0857 e. The first-order chi connectivity index (χ1) is 21.0. The number of benzene rings is 2. The molecule has 2 aromatic carbocycles. The monoisotopic (exact) mass is 596 g/mol. The number of aliphatic hydroxyl groups excluding tert-OH is 2. The highest BCUT2D eigenvalue weighted by Gasteiger charge is 2.15. The number of ether oxygens (including phenoxy) is 1. The highest BCUT2D eigenvalue weighted by molar-refractivity contribution is 5.39. The van der Waals surface area contributed by atoms with Crippen LogP contribution in [0.5, 0.6) is 0 Å². The third kappa shape index (κ3) is 22.1. The van der Waals surface area contributed by atoms with Gasteiger partial charge in [0.15, 0.2) is 0 Å². The Morgan fingerprint density at radius 2 is 0.860 bits per heavy atom. The molecule has 244 valence electrons. The molecule has 4 atom stereocenters. The summed E-state index contributed by atoms with van der Waals surface area (Å²) < 4.78 is 5.79. The molecule has 0 heterocycles. The lowest BCUT2D eigenvalue weighted by Gasteiger charge is -2.20. The van der Waals surface area contributed by atoms with Crippen molar-refractivity contribution in [3.05, 3.63) is 60.7 Å². The number of rotatable bonds is 24. The number of aliphatic hydroxyl groups is 2. The third-order valence-electron chi connectivity index (χ3n) is 8.25. The molecule has 0 aliphatic heterocycles. The van der Waals surface area contributed by atoms with Gasteiger partial charge in [-0.25, -0.2) is 0 Å². The summed E-state index contributed by atoms with van der Waals surface area (Å²) in [5.41, 5.74) is 1.74. The Kier molecular flexibility index (Phi) is 24.9. The van der Waals surface area contributed by atoms with Crippen molar-refractivity contribution < 1.29 is 14.9 Å². The van der Waals surface area contributed by atoms with Gasteiger partial charge in [-0.05, 0) is 61.8 Å². The zero-order valence-electron chi connectivity index (χ0n) is 28.0. The Bertz CT molecular complexity index is 806. The molecule has 5 heteroatoms. The molecular formula is C38H64N2O3. The molecule has 2 N–H and O–H groups in total. The van der Waals surface area contributed by atoms with E-state index in [1.165, 1.54) is 64.2 Å². The van der Waals surface area contributed by atoms with Gasteiger partial charge in [-0.1, -0.05) is 141 Å². The maximum atomic E-state index is 10.3. The Balaban J connectivity index is 0.000000541. The summed E-state index contributed by atoms with van der Waals surface area (Å²) in [4.78, 5) is 0. The molecule has 0 bridgehead atoms. The number of hydrogen-bond acceptors (Lipinski definition) is 5. The van der Waals surface area contributed by atoms with Gasteiger partial charge >= 0.3 is 0 Å². The van der Waals surface area contributed by atoms with E-state index >= 15 is 0 Å². The molecule has 0 aliphatic rings. The van der Waals surface area contributed by atoms with Gasteiger partial charge < -0.3 is 14.9 Å². The molecule has 43 heavy (non-hydrogen) atoms. The van der Waals surface area contributed by atoms with Crippen LogP contribution in [-0.2, 0) is 4.74 Å². The van der Waals surface area contributed by atoms with Crippen LogP contribution in [0.2, 0.25) is 0 Å². The van der Waals surface area contributed by atoms with Crippen molar-refractivity contribution in [1.29, 1.82) is 0 Å². The van der Waals surface area contributed by atoms with Crippen LogP contribution in [0.1, 0.15) is 130 Å². The van der Waals surface area contributed by atoms with Gasteiger partial charge in [0.2, 0.25) is 0 Å². The van der Waals surface area contributed by atoms with Crippen molar-refractivity contribution in [2.24, 2.45) is 22.1 Å². The molecule has 5 nitrogen and oxygen atoms in total. The number of nitrogens with zero attached hydrogens (tertiary/aromatic N) is 2. The lowest BCUT2D eigenvalue weighted by molar-refractivity contribution is 0.0469. The highest BCUT2D eigenvalue weighted by Crippen LogP contribution is 2.19. The van der Waals surface area contributed by atoms with Crippen LogP contribution in [0.25, 0.3) is 0 Å². The van der Waals surface area contributed by atoms with E-state index < -0.39 is 0 Å². The fourth-order valence-corrected chi connectivity index (χ4v) is 4.97. The summed E-state index contributed by atoms with van der Waals surface area (Å²) in [5, 5.41) is 28.8. The third-order valence-corrected chi connectivity index (χ3v) is 8.25. The van der Waals surface area contributed by atoms with Crippen LogP contribution < -0.4 is 0 Å². The summed E-state index contributed by atoms with van der Waals surface area (Å²) in [6.07, 6.45) is 18.6. The average Bonchev–Trinajstić information content (AvgIpc) is 3.04. The van der Waals surface area contributed by atoms with Crippen LogP contribution in [0.4, 0.5) is 11.4 Å². The zero-order chi connectivity index (χ0) is 31.4. The molecule has 0 aliphatic carbocycles. The molecule has 0 spiro atoms. The lowest BCUT2D eigenvalue weighted by Crippen LogP contribution is -2.21. The fourth-order valence-electron chi connectivity index (χ4n) is 4.97. The summed E-state index contributed by atoms with van der Waals surface area (Å²) in [6.45, 7) is 10.2. The van der Waals surface area contributed by atoms with Crippen molar-refractivity contribution in [2.45, 2.75) is 143 Å². The summed E-state index contributed by atoms with van der Waals surface area (Å²) in [6, 6.07) is 19.4. The van der Waals surface area contributed by atoms with Crippen molar-refractivity contribution in [3.63, 3.8) is 0 Å². The number of hydrogen-bond donors (Lipinski definition) is 2. The predicted octanol–water partition coefficient (Wildman–Crippen LogP) is 11.4. The van der Waals surface area contributed by atoms with Gasteiger partial charge in [-0.2, -0.15) is 10.2 Å². The molecular weight excluding hydrogens is 532 g/mol. The van der Waals surface area contributed by atoms with E-state index in [2.05, 4.69) is 37.9 Å². The molecule has 2 rings (SSSR count). The number of unbranched alkanes of at least 4 members (excludes halogenated alkanes) is 10. The first-order valence-corrected chi connectivity index (χ1v) is 17.4. The van der Waals surface area contributed by atoms with Gasteiger partial charge in [-0.15, -0.1) is 0 Å². The van der Waals surface area contributed by atoms with Crippen LogP contribution in [0, 0.1) is 11.8 Å². The Hall–Kier alpha value is -2.08. The van der Waals surface area contributed by atoms with E-state index in [1.54, 1.807) is 0 Å². The van der Waals surface area contributed by atoms with Gasteiger partial charge in [0.25, 0.3) is 0 Å². The maximum absolute atomic E-state index is 10.3. The Morgan fingerprint density at radius 1 is 0.512 bits per heavy atom. The average molecular weight is 597 g/mol. The van der Waals surface area contributed by atoms with E-state index in [0.717, 1.165) is 63.1 Å². The van der Waals surface area contributed by atoms with Crippen molar-refractivity contribution in [2.75, 3.05) is 13.2 Å². The second-order valence-corrected chi connectivity index (χ2v) is 12.3. The van der Waals surface area contributed by atoms with Gasteiger partial charge in [0.1, 0.15) is 0 Å². The molecule has 0 radical (unpaired) electrons. The van der Waals surface area contributed by atoms with E-state index in [1.807, 2.05) is 60.7 Å². The molecule has 2 aromatic rings. The van der Waals surface area contributed by atoms with Gasteiger partial charge in [0, 0.05) is 13.2 Å². The van der Waals surface area contributed by atoms with E-state index in [0.29, 0.717) is 11.8 Å². The van der Waals surface area contributed by atoms with Crippen LogP contribution >= 0.6 is 0 Å². The van der Waals surface area contributed by atoms with E-state index in [4.69, 9.17) is 4.74 Å². The largest absolute Gasteiger partial charge is 0.393 e. The summed E-state index contributed by atoms with van der Waals surface area (Å²) >= 11 is 0. The van der Waals surface area contributed by atoms with Crippen LogP contribution in [0.3, 0.4) is 0 Å². The fraction of sp³-hybridized carbons (Fsp3) is 0.684. The molecule has 4 unspecified atom stereocenters. The highest BCUT2D eigenvalue weighted by atomic mass is 16.5. The zero-order valence-corrected chi connectivity index (χ0v) is 28.0. The van der Waals surface area contributed by atoms with E-state index in [9.17, 15) is 10.2 Å². The van der Waals surface area contributed by atoms with Gasteiger partial charge in [-0.3, -0.25) is 0 Å². The molecule has 0 saturated carbocycles. The standard InChI is InChI=1S/C26H54O3.C12H10N2/c1-5-7-9-11-13-15-17-25(27)23(3)19-21-29-22-20-24(4)26(28)18-16-14-12-10-8-6-2;1-3-7-11(8-4-1)13-14-12-9-5-2-6-10-12/h23-28H,5-22H2,1-4H3;1-10H. The quantitative estimate of drug-likeness (QED) is 0.0935. The molecule has 0 aromatic heterocycles. The SMILES string of the molecule is CCCCCCCCC(O)C(C)CCOCCC(C)C(O)CCCCCCCC.c1ccc(N=Nc2ccccc2)cc1. The molecule has 0 amide bonds. The Morgan fingerprint density at radius 3 is 1.23 bits per heavy atom. The minimum atomic E-state index is -0.192. The van der Waals surface area contributed by atoms with E-state index in [-0.39, 0.29) is 12.2 Å². The van der Waals surface area contributed by atoms with Crippen molar-refractivity contribution >= 4 is 11.4 Å². The summed E-state index contributed by atoms with van der Waals surface area (Å²) in [5.74, 6) is 0.614. The summed E-state index contributed by atoms with van der Waals surface area (Å²) in [7, 11) is 0. The molecule has 0 saturated heterocycles. The van der Waals surface area contributed by atoms with Gasteiger partial charge in [0.05, 0.1) is 23.6 Å². The minimum Gasteiger partial charge on any atom is -0.393 e. The first-order valence-electron chi connectivity index (χ1n) is 17.4. The normalized spacial score (nSPS) is 14.2. The minimum absolute atomic E-state index is 0.192. The second kappa shape index (κ2) is 27.5. The Labute approximate surface area is 264 Å². The van der Waals surface area contributed by atoms with Crippen LogP contribution in [0.15, 0.2) is 70.9 Å². The lowest BCUT2D eigenvalue weighted by atomic mass is 9.95. The maximum Gasteiger partial charge on any atom is 0.0857 e. The van der Waals surface area contributed by atoms with Crippen molar-refractivity contribution in [1.82, 2.24) is 0 Å². The van der Waals surface area contributed by atoms with Crippen LogP contribution in [-0.4, -0.2) is 35.6 Å². The van der Waals surface area contributed by atoms with Crippen molar-refractivity contribution in [3.8, 4) is 0 Å². The molecule has 0 fully saturated rings.